The first kappa shape index (κ1) is 20.3. The molecule has 0 spiro atoms. The molecule has 5 aliphatic rings. The zero-order chi connectivity index (χ0) is 22.2. The summed E-state index contributed by atoms with van der Waals surface area (Å²) in [4.78, 5) is 38.5. The van der Waals surface area contributed by atoms with Gasteiger partial charge in [0.05, 0.1) is 17.4 Å². The smallest absolute Gasteiger partial charge is 0.273 e. The lowest BCUT2D eigenvalue weighted by Gasteiger charge is -2.44. The number of nitrogens with one attached hydrogen (secondary N) is 1. The minimum absolute atomic E-state index is 0.0355. The normalized spacial score (nSPS) is 33.5. The quantitative estimate of drug-likeness (QED) is 0.585. The summed E-state index contributed by atoms with van der Waals surface area (Å²) < 4.78 is 38.0. The van der Waals surface area contributed by atoms with Crippen molar-refractivity contribution in [3.05, 3.63) is 46.5 Å². The summed E-state index contributed by atoms with van der Waals surface area (Å²) in [5.41, 5.74) is 4.74. The highest BCUT2D eigenvalue weighted by Gasteiger charge is 2.69. The number of amides is 3. The van der Waals surface area contributed by atoms with Crippen molar-refractivity contribution in [2.75, 3.05) is 0 Å². The van der Waals surface area contributed by atoms with Crippen LogP contribution in [-0.4, -0.2) is 22.7 Å². The van der Waals surface area contributed by atoms with Gasteiger partial charge in [-0.1, -0.05) is 23.3 Å². The number of hydrogen-bond acceptors (Lipinski definition) is 3. The standard InChI is InChI=1S/C23H23F3N2O3/c1-10-11(2)18-15-9-14(15)17(10)19-20(18)22(31)28(21(19)30)27-16(29)8-5-12-3-6-13(7-4-12)23(24,25)26/h3-4,6-7,14-15,17-20H,5,8-9H2,1-2H3,(H,27,29). The Morgan fingerprint density at radius 2 is 1.48 bits per heavy atom. The van der Waals surface area contributed by atoms with Crippen molar-refractivity contribution in [1.82, 2.24) is 10.4 Å². The van der Waals surface area contributed by atoms with Crippen molar-refractivity contribution in [1.29, 1.82) is 0 Å². The Labute approximate surface area is 177 Å². The van der Waals surface area contributed by atoms with E-state index in [1.807, 2.05) is 0 Å². The van der Waals surface area contributed by atoms with E-state index < -0.39 is 17.6 Å². The monoisotopic (exact) mass is 432 g/mol. The number of imide groups is 1. The van der Waals surface area contributed by atoms with Crippen LogP contribution in [0.4, 0.5) is 13.2 Å². The number of nitrogens with zero attached hydrogens (tertiary/aromatic N) is 1. The van der Waals surface area contributed by atoms with E-state index in [0.29, 0.717) is 17.4 Å². The molecule has 31 heavy (non-hydrogen) atoms. The number of benzene rings is 1. The molecule has 1 heterocycles. The minimum Gasteiger partial charge on any atom is -0.273 e. The molecule has 5 nitrogen and oxygen atoms in total. The van der Waals surface area contributed by atoms with Crippen LogP contribution in [0.3, 0.4) is 0 Å². The lowest BCUT2D eigenvalue weighted by Crippen LogP contribution is -2.47. The maximum absolute atomic E-state index is 13.1. The topological polar surface area (TPSA) is 66.5 Å². The summed E-state index contributed by atoms with van der Waals surface area (Å²) in [5.74, 6) is -0.810. The molecule has 0 radical (unpaired) electrons. The number of halogens is 3. The van der Waals surface area contributed by atoms with Gasteiger partial charge in [-0.25, -0.2) is 0 Å². The third-order valence-corrected chi connectivity index (χ3v) is 7.77. The number of hydrazine groups is 1. The molecule has 1 saturated heterocycles. The van der Waals surface area contributed by atoms with Gasteiger partial charge in [0, 0.05) is 6.42 Å². The van der Waals surface area contributed by atoms with Gasteiger partial charge >= 0.3 is 6.18 Å². The van der Waals surface area contributed by atoms with Crippen molar-refractivity contribution in [3.8, 4) is 0 Å². The Morgan fingerprint density at radius 3 is 1.97 bits per heavy atom. The average molecular weight is 432 g/mol. The zero-order valence-corrected chi connectivity index (χ0v) is 17.2. The highest BCUT2D eigenvalue weighted by atomic mass is 19.4. The SMILES string of the molecule is CC1=C(C)C2C3CC3C1C1C(=O)N(NC(=O)CCc3ccc(C(F)(F)F)cc3)C(=O)C21. The van der Waals surface area contributed by atoms with E-state index in [1.54, 1.807) is 0 Å². The maximum Gasteiger partial charge on any atom is 0.416 e. The maximum atomic E-state index is 13.1. The molecule has 1 aliphatic heterocycles. The van der Waals surface area contributed by atoms with Crippen LogP contribution in [0.5, 0.6) is 0 Å². The number of carbonyl (C=O) groups excluding carboxylic acids is 3. The van der Waals surface area contributed by atoms with Crippen LogP contribution in [0.2, 0.25) is 0 Å². The first-order valence-corrected chi connectivity index (χ1v) is 10.6. The summed E-state index contributed by atoms with van der Waals surface area (Å²) in [7, 11) is 0. The Hall–Kier alpha value is -2.64. The van der Waals surface area contributed by atoms with Crippen LogP contribution in [0.15, 0.2) is 35.4 Å². The van der Waals surface area contributed by atoms with Crippen molar-refractivity contribution in [2.45, 2.75) is 39.3 Å². The van der Waals surface area contributed by atoms with Gasteiger partial charge in [0.1, 0.15) is 0 Å². The first-order valence-electron chi connectivity index (χ1n) is 10.6. The molecular formula is C23H23F3N2O3. The fraction of sp³-hybridized carbons (Fsp3) is 0.522. The highest BCUT2D eigenvalue weighted by molar-refractivity contribution is 6.07. The minimum atomic E-state index is -4.41. The van der Waals surface area contributed by atoms with Crippen LogP contribution < -0.4 is 5.43 Å². The molecule has 164 valence electrons. The molecule has 8 heteroatoms. The number of allylic oxidation sites excluding steroid dienone is 2. The Bertz CT molecular complexity index is 972. The van der Waals surface area contributed by atoms with Crippen molar-refractivity contribution < 1.29 is 27.6 Å². The zero-order valence-electron chi connectivity index (χ0n) is 17.2. The predicted octanol–water partition coefficient (Wildman–Crippen LogP) is 3.50. The first-order chi connectivity index (χ1) is 14.6. The number of hydrogen-bond donors (Lipinski definition) is 1. The van der Waals surface area contributed by atoms with E-state index in [9.17, 15) is 27.6 Å². The van der Waals surface area contributed by atoms with Gasteiger partial charge in [0.2, 0.25) is 5.91 Å². The van der Waals surface area contributed by atoms with E-state index in [0.717, 1.165) is 23.6 Å². The summed E-state index contributed by atoms with van der Waals surface area (Å²) in [6, 6.07) is 4.62. The summed E-state index contributed by atoms with van der Waals surface area (Å²) in [5, 5.41) is 0.904. The largest absolute Gasteiger partial charge is 0.416 e. The van der Waals surface area contributed by atoms with E-state index in [2.05, 4.69) is 19.3 Å². The van der Waals surface area contributed by atoms with E-state index in [1.165, 1.54) is 23.3 Å². The third-order valence-electron chi connectivity index (χ3n) is 7.77. The molecule has 6 unspecified atom stereocenters. The van der Waals surface area contributed by atoms with E-state index in [4.69, 9.17) is 0 Å². The summed E-state index contributed by atoms with van der Waals surface area (Å²) >= 11 is 0. The van der Waals surface area contributed by atoms with Gasteiger partial charge in [0.25, 0.3) is 11.8 Å². The second kappa shape index (κ2) is 6.68. The molecule has 1 aromatic rings. The van der Waals surface area contributed by atoms with Crippen molar-refractivity contribution in [2.24, 2.45) is 35.5 Å². The van der Waals surface area contributed by atoms with Gasteiger partial charge in [-0.05, 0) is 68.1 Å². The van der Waals surface area contributed by atoms with Gasteiger partial charge in [-0.3, -0.25) is 19.8 Å². The second-order valence-corrected chi connectivity index (χ2v) is 9.27. The van der Waals surface area contributed by atoms with E-state index >= 15 is 0 Å². The van der Waals surface area contributed by atoms with Crippen LogP contribution in [0, 0.1) is 35.5 Å². The molecule has 6 rings (SSSR count). The van der Waals surface area contributed by atoms with Crippen LogP contribution >= 0.6 is 0 Å². The molecular weight excluding hydrogens is 409 g/mol. The molecule has 3 fully saturated rings. The molecule has 1 N–H and O–H groups in total. The van der Waals surface area contributed by atoms with Gasteiger partial charge in [-0.2, -0.15) is 18.2 Å². The van der Waals surface area contributed by atoms with Crippen LogP contribution in [0.25, 0.3) is 0 Å². The lowest BCUT2D eigenvalue weighted by molar-refractivity contribution is -0.149. The molecule has 3 amide bonds. The van der Waals surface area contributed by atoms with Gasteiger partial charge in [0.15, 0.2) is 0 Å². The number of carbonyl (C=O) groups is 3. The van der Waals surface area contributed by atoms with Crippen LogP contribution in [0.1, 0.15) is 37.8 Å². The van der Waals surface area contributed by atoms with Gasteiger partial charge < -0.3 is 0 Å². The van der Waals surface area contributed by atoms with Crippen LogP contribution in [-0.2, 0) is 27.0 Å². The summed E-state index contributed by atoms with van der Waals surface area (Å²) in [6.07, 6.45) is -3.17. The Morgan fingerprint density at radius 1 is 0.968 bits per heavy atom. The molecule has 1 aromatic carbocycles. The summed E-state index contributed by atoms with van der Waals surface area (Å²) in [6.45, 7) is 4.11. The highest BCUT2D eigenvalue weighted by Crippen LogP contribution is 2.69. The fourth-order valence-electron chi connectivity index (χ4n) is 6.18. The number of aryl methyl sites for hydroxylation is 1. The molecule has 2 bridgehead atoms. The lowest BCUT2D eigenvalue weighted by atomic mass is 9.57. The number of rotatable bonds is 4. The molecule has 6 atom stereocenters. The third kappa shape index (κ3) is 3.02. The molecule has 2 saturated carbocycles. The van der Waals surface area contributed by atoms with Crippen molar-refractivity contribution >= 4 is 17.7 Å². The van der Waals surface area contributed by atoms with Crippen molar-refractivity contribution in [3.63, 3.8) is 0 Å². The Kier molecular flexibility index (Phi) is 4.37. The number of alkyl halides is 3. The van der Waals surface area contributed by atoms with E-state index in [-0.39, 0.29) is 48.3 Å². The second-order valence-electron chi connectivity index (χ2n) is 9.27. The molecule has 0 aromatic heterocycles. The predicted molar refractivity (Wildman–Crippen MR) is 104 cm³/mol. The molecule has 4 aliphatic carbocycles. The average Bonchev–Trinajstić information content (AvgIpc) is 3.48. The van der Waals surface area contributed by atoms with Gasteiger partial charge in [-0.15, -0.1) is 0 Å². The fourth-order valence-corrected chi connectivity index (χ4v) is 6.18. The Balaban J connectivity index is 1.24.